The largest absolute Gasteiger partial charge is 0.493 e. The van der Waals surface area contributed by atoms with E-state index in [-0.39, 0.29) is 68.9 Å². The number of rotatable bonds is 19. The molecule has 17 nitrogen and oxygen atoms in total. The van der Waals surface area contributed by atoms with Crippen LogP contribution in [0.4, 0.5) is 21.9 Å². The Morgan fingerprint density at radius 2 is 1.49 bits per heavy atom. The van der Waals surface area contributed by atoms with E-state index >= 15 is 0 Å². The summed E-state index contributed by atoms with van der Waals surface area (Å²) in [7, 11) is 2.77. The third-order valence-corrected chi connectivity index (χ3v) is 11.2. The van der Waals surface area contributed by atoms with Crippen molar-refractivity contribution < 1.29 is 52.5 Å². The number of methoxy groups -OCH3 is 2. The Morgan fingerprint density at radius 3 is 2.19 bits per heavy atom. The van der Waals surface area contributed by atoms with E-state index in [1.54, 1.807) is 41.3 Å². The van der Waals surface area contributed by atoms with Crippen LogP contribution in [0.3, 0.4) is 0 Å². The molecule has 2 aliphatic rings. The number of para-hydroxylation sites is 1. The number of carbonyl (C=O) groups excluding carboxylic acids is 7. The third kappa shape index (κ3) is 13.1. The van der Waals surface area contributed by atoms with Crippen molar-refractivity contribution in [2.75, 3.05) is 35.9 Å². The van der Waals surface area contributed by atoms with E-state index in [9.17, 15) is 33.6 Å². The average molecular weight is 929 g/mol. The number of fused-ring (bicyclic) bond motifs is 4. The number of nitrogens with zero attached hydrogens (tertiary/aromatic N) is 2. The molecular formula is C51H56N6O11. The molecule has 4 aromatic carbocycles. The predicted octanol–water partition coefficient (Wildman–Crippen LogP) is 5.57. The molecule has 0 bridgehead atoms. The molecule has 3 atom stereocenters. The molecule has 2 unspecified atom stereocenters. The van der Waals surface area contributed by atoms with Crippen LogP contribution in [-0.4, -0.2) is 80.5 Å². The van der Waals surface area contributed by atoms with Crippen molar-refractivity contribution in [2.45, 2.75) is 90.1 Å². The van der Waals surface area contributed by atoms with Gasteiger partial charge in [-0.2, -0.15) is 0 Å². The van der Waals surface area contributed by atoms with Crippen LogP contribution in [0.5, 0.6) is 11.5 Å². The zero-order valence-corrected chi connectivity index (χ0v) is 38.5. The first-order chi connectivity index (χ1) is 32.7. The maximum atomic E-state index is 14.4. The van der Waals surface area contributed by atoms with Crippen molar-refractivity contribution in [3.63, 3.8) is 0 Å². The summed E-state index contributed by atoms with van der Waals surface area (Å²) in [4.78, 5) is 94.9. The molecule has 2 aliphatic heterocycles. The predicted molar refractivity (Wildman–Crippen MR) is 253 cm³/mol. The number of nitrogens with two attached hydrogens (primary N) is 1. The third-order valence-electron chi connectivity index (χ3n) is 11.2. The highest BCUT2D eigenvalue weighted by Gasteiger charge is 2.42. The van der Waals surface area contributed by atoms with Gasteiger partial charge in [0.25, 0.3) is 11.8 Å². The van der Waals surface area contributed by atoms with Gasteiger partial charge in [0, 0.05) is 42.6 Å². The summed E-state index contributed by atoms with van der Waals surface area (Å²) in [6, 6.07) is 23.9. The second-order valence-electron chi connectivity index (χ2n) is 16.6. The number of unbranched alkanes of at least 4 members (excludes halogenated alkanes) is 1. The van der Waals surface area contributed by atoms with Gasteiger partial charge in [0.1, 0.15) is 19.3 Å². The molecule has 2 heterocycles. The molecule has 6 rings (SSSR count). The topological polar surface area (TPSA) is 225 Å². The highest BCUT2D eigenvalue weighted by Crippen LogP contribution is 2.43. The summed E-state index contributed by atoms with van der Waals surface area (Å²) in [5.74, 6) is 2.87. The van der Waals surface area contributed by atoms with Crippen LogP contribution in [-0.2, 0) is 53.1 Å². The highest BCUT2D eigenvalue weighted by atomic mass is 16.6. The van der Waals surface area contributed by atoms with Crippen molar-refractivity contribution in [2.24, 2.45) is 11.7 Å². The van der Waals surface area contributed by atoms with Crippen LogP contribution in [0.25, 0.3) is 0 Å². The summed E-state index contributed by atoms with van der Waals surface area (Å²) in [6.45, 7) is 3.80. The molecular weight excluding hydrogens is 873 g/mol. The Balaban J connectivity index is 1.14. The van der Waals surface area contributed by atoms with E-state index in [1.807, 2.05) is 68.4 Å². The lowest BCUT2D eigenvalue weighted by Crippen LogP contribution is -2.52. The molecule has 68 heavy (non-hydrogen) atoms. The Kier molecular flexibility index (Phi) is 17.2. The maximum absolute atomic E-state index is 14.4. The summed E-state index contributed by atoms with van der Waals surface area (Å²) in [6.07, 6.45) is 0.395. The molecule has 4 aromatic rings. The molecule has 0 fully saturated rings. The summed E-state index contributed by atoms with van der Waals surface area (Å²) in [5, 5.41) is 7.93. The maximum Gasteiger partial charge on any atom is 0.414 e. The molecule has 0 saturated carbocycles. The minimum atomic E-state index is -1.31. The van der Waals surface area contributed by atoms with Gasteiger partial charge in [-0.25, -0.2) is 4.79 Å². The molecule has 6 amide bonds. The number of ether oxygens (including phenoxy) is 4. The fourth-order valence-corrected chi connectivity index (χ4v) is 7.70. The van der Waals surface area contributed by atoms with Crippen molar-refractivity contribution in [3.05, 3.63) is 113 Å². The first-order valence-corrected chi connectivity index (χ1v) is 22.3. The molecule has 17 heteroatoms. The van der Waals surface area contributed by atoms with Gasteiger partial charge in [-0.3, -0.25) is 33.7 Å². The Labute approximate surface area is 395 Å². The van der Waals surface area contributed by atoms with Crippen LogP contribution in [0.1, 0.15) is 79.4 Å². The van der Waals surface area contributed by atoms with Crippen molar-refractivity contribution in [1.82, 2.24) is 10.6 Å². The number of carbonyl (C=O) groups is 7. The fraction of sp³-hybridized carbons (Fsp3) is 0.353. The van der Waals surface area contributed by atoms with E-state index in [1.165, 1.54) is 19.1 Å². The van der Waals surface area contributed by atoms with Crippen LogP contribution < -0.4 is 41.0 Å². The van der Waals surface area contributed by atoms with E-state index in [0.29, 0.717) is 47.7 Å². The van der Waals surface area contributed by atoms with Crippen molar-refractivity contribution in [1.29, 1.82) is 0 Å². The lowest BCUT2D eigenvalue weighted by atomic mass is 10.1. The minimum Gasteiger partial charge on any atom is -0.493 e. The van der Waals surface area contributed by atoms with Gasteiger partial charge in [-0.05, 0) is 66.6 Å². The number of esters is 1. The first kappa shape index (κ1) is 49.6. The van der Waals surface area contributed by atoms with E-state index < -0.39 is 47.8 Å². The molecule has 0 spiro atoms. The smallest absolute Gasteiger partial charge is 0.414 e. The normalized spacial score (nSPS) is 14.4. The van der Waals surface area contributed by atoms with E-state index in [0.717, 1.165) is 16.8 Å². The molecule has 0 aliphatic carbocycles. The number of benzene rings is 4. The van der Waals surface area contributed by atoms with Crippen LogP contribution in [0, 0.1) is 17.8 Å². The Hall–Kier alpha value is -7.87. The van der Waals surface area contributed by atoms with Gasteiger partial charge in [0.2, 0.25) is 17.7 Å². The van der Waals surface area contributed by atoms with Gasteiger partial charge in [0.15, 0.2) is 17.5 Å². The molecule has 0 aromatic heterocycles. The number of nitrogens with one attached hydrogen (secondary N) is 3. The van der Waals surface area contributed by atoms with Gasteiger partial charge in [-0.15, -0.1) is 0 Å². The molecule has 0 saturated heterocycles. The van der Waals surface area contributed by atoms with Gasteiger partial charge in [-0.1, -0.05) is 86.4 Å². The Bertz CT molecular complexity index is 2550. The monoisotopic (exact) mass is 928 g/mol. The first-order valence-electron chi connectivity index (χ1n) is 22.3. The SMILES string of the molecule is COC(=O)CCCCC(=O)NC(C#CC(C)C)C(=O)N[C@@H](CCC(N)=O)C(=O)Nc1ccc(COC(=O)N2CC3Cc4ccccc4N3C(=O)c3cc(OC)c(OCc4ccccc4)cc32)cc1. The minimum absolute atomic E-state index is 0.0219. The second kappa shape index (κ2) is 23.5. The van der Waals surface area contributed by atoms with E-state index in [2.05, 4.69) is 32.5 Å². The van der Waals surface area contributed by atoms with Crippen LogP contribution in [0.15, 0.2) is 91.0 Å². The van der Waals surface area contributed by atoms with Crippen LogP contribution in [0.2, 0.25) is 0 Å². The van der Waals surface area contributed by atoms with Crippen LogP contribution >= 0.6 is 0 Å². The summed E-state index contributed by atoms with van der Waals surface area (Å²) < 4.78 is 22.4. The number of primary amides is 1. The number of anilines is 3. The van der Waals surface area contributed by atoms with Crippen molar-refractivity contribution >= 4 is 58.7 Å². The Morgan fingerprint density at radius 1 is 0.779 bits per heavy atom. The van der Waals surface area contributed by atoms with Crippen molar-refractivity contribution in [3.8, 4) is 23.3 Å². The van der Waals surface area contributed by atoms with Gasteiger partial charge < -0.3 is 45.5 Å². The quantitative estimate of drug-likeness (QED) is 0.0517. The van der Waals surface area contributed by atoms with Gasteiger partial charge >= 0.3 is 12.1 Å². The summed E-state index contributed by atoms with van der Waals surface area (Å²) >= 11 is 0. The zero-order valence-electron chi connectivity index (χ0n) is 38.5. The number of hydrogen-bond acceptors (Lipinski definition) is 11. The second-order valence-corrected chi connectivity index (χ2v) is 16.6. The molecule has 5 N–H and O–H groups in total. The number of hydrogen-bond donors (Lipinski definition) is 4. The average Bonchev–Trinajstić information content (AvgIpc) is 3.66. The summed E-state index contributed by atoms with van der Waals surface area (Å²) in [5.41, 5.74) is 9.52. The standard InChI is InChI=1S/C51H56N6O11/c1-32(2)18-23-39(54-46(59)16-10-11-17-47(60)66-4)49(62)55-40(24-25-45(52)58)48(61)53-36-21-19-34(20-22-36)31-68-51(64)56-29-37-26-35-14-8-9-15-41(35)57(37)50(63)38-27-43(65-3)44(28-42(38)56)67-30-33-12-6-5-7-13-33/h5-9,12-15,19-22,27-28,32,37,39-40H,10-11,16-17,24-26,29-31H2,1-4H3,(H2,52,58)(H,53,61)(H,54,59)(H,55,62)/t37?,39?,40-/m0/s1. The zero-order chi connectivity index (χ0) is 48.7. The van der Waals surface area contributed by atoms with Gasteiger partial charge in [0.05, 0.1) is 38.1 Å². The lowest BCUT2D eigenvalue weighted by molar-refractivity contribution is -0.141. The molecule has 356 valence electrons. The van der Waals surface area contributed by atoms with E-state index in [4.69, 9.17) is 19.9 Å². The fourth-order valence-electron chi connectivity index (χ4n) is 7.70. The lowest BCUT2D eigenvalue weighted by Gasteiger charge is -2.26. The number of amides is 6. The molecule has 0 radical (unpaired) electrons. The highest BCUT2D eigenvalue weighted by molar-refractivity contribution is 6.14.